The summed E-state index contributed by atoms with van der Waals surface area (Å²) >= 11 is 0. The number of carbonyl (C=O) groups is 1. The van der Waals surface area contributed by atoms with E-state index in [0.717, 1.165) is 5.56 Å². The number of hydrogen-bond acceptors (Lipinski definition) is 4. The van der Waals surface area contributed by atoms with Gasteiger partial charge in [-0.2, -0.15) is 18.3 Å². The largest absolute Gasteiger partial charge is 0.497 e. The predicted molar refractivity (Wildman–Crippen MR) is 93.6 cm³/mol. The van der Waals surface area contributed by atoms with Crippen LogP contribution in [0.5, 0.6) is 5.75 Å². The number of nitrogens with one attached hydrogen (secondary N) is 1. The lowest BCUT2D eigenvalue weighted by atomic mass is 9.72. The zero-order valence-electron chi connectivity index (χ0n) is 14.3. The molecule has 140 valence electrons. The van der Waals surface area contributed by atoms with Crippen molar-refractivity contribution in [2.75, 3.05) is 12.0 Å². The molecule has 5 nitrogen and oxygen atoms in total. The number of amides is 1. The van der Waals surface area contributed by atoms with Crippen molar-refractivity contribution in [3.8, 4) is 5.75 Å². The van der Waals surface area contributed by atoms with E-state index in [1.165, 1.54) is 12.0 Å². The molecule has 2 aliphatic heterocycles. The van der Waals surface area contributed by atoms with Crippen LogP contribution in [0.1, 0.15) is 18.0 Å². The second kappa shape index (κ2) is 6.00. The van der Waals surface area contributed by atoms with Gasteiger partial charge in [0, 0.05) is 12.1 Å². The van der Waals surface area contributed by atoms with Gasteiger partial charge in [0.2, 0.25) is 0 Å². The number of hydrogen-bond donors (Lipinski definition) is 1. The van der Waals surface area contributed by atoms with Crippen molar-refractivity contribution in [1.82, 2.24) is 5.43 Å². The summed E-state index contributed by atoms with van der Waals surface area (Å²) in [5, 5.41) is 3.44. The Hall–Kier alpha value is -3.03. The lowest BCUT2D eigenvalue weighted by Gasteiger charge is -2.54. The lowest BCUT2D eigenvalue weighted by molar-refractivity contribution is -0.134. The summed E-state index contributed by atoms with van der Waals surface area (Å²) in [5.74, 6) is 0.184. The molecule has 2 aromatic rings. The number of anilines is 1. The van der Waals surface area contributed by atoms with Crippen LogP contribution in [0.25, 0.3) is 0 Å². The van der Waals surface area contributed by atoms with Crippen LogP contribution in [0, 0.1) is 0 Å². The van der Waals surface area contributed by atoms with Gasteiger partial charge in [0.1, 0.15) is 11.5 Å². The molecule has 2 aromatic carbocycles. The van der Waals surface area contributed by atoms with Crippen molar-refractivity contribution in [3.05, 3.63) is 60.2 Å². The van der Waals surface area contributed by atoms with E-state index >= 15 is 0 Å². The number of halogens is 3. The maximum Gasteiger partial charge on any atom is 0.431 e. The van der Waals surface area contributed by atoms with Gasteiger partial charge in [-0.1, -0.05) is 30.3 Å². The minimum atomic E-state index is -4.57. The Morgan fingerprint density at radius 1 is 1.15 bits per heavy atom. The molecule has 0 aromatic heterocycles. The third-order valence-corrected chi connectivity index (χ3v) is 4.96. The average Bonchev–Trinajstić information content (AvgIpc) is 3.15. The van der Waals surface area contributed by atoms with Crippen LogP contribution in [0.2, 0.25) is 0 Å². The van der Waals surface area contributed by atoms with Gasteiger partial charge in [-0.3, -0.25) is 15.1 Å². The van der Waals surface area contributed by atoms with Gasteiger partial charge in [0.15, 0.2) is 5.54 Å². The van der Waals surface area contributed by atoms with E-state index in [-0.39, 0.29) is 0 Å². The summed E-state index contributed by atoms with van der Waals surface area (Å²) in [5.41, 5.74) is 1.43. The molecule has 2 aliphatic rings. The lowest BCUT2D eigenvalue weighted by Crippen LogP contribution is -2.73. The highest BCUT2D eigenvalue weighted by molar-refractivity contribution is 6.13. The van der Waals surface area contributed by atoms with Crippen LogP contribution in [0.4, 0.5) is 18.9 Å². The summed E-state index contributed by atoms with van der Waals surface area (Å²) in [6.45, 7) is 0. The molecule has 0 unspecified atom stereocenters. The van der Waals surface area contributed by atoms with Crippen molar-refractivity contribution in [3.63, 3.8) is 0 Å². The standard InChI is InChI=1S/C19H16F3N3O2/c1-27-14-9-7-13(8-10-14)25-16(12-5-3-2-4-6-12)18(17(25)26)11-15(23-24-18)19(20,21)22/h2-10,16,24H,11H2,1H3/t16-,18-/m1/s1. The van der Waals surface area contributed by atoms with Gasteiger partial charge >= 0.3 is 6.18 Å². The molecule has 1 N–H and O–H groups in total. The maximum absolute atomic E-state index is 13.1. The first-order valence-electron chi connectivity index (χ1n) is 8.30. The van der Waals surface area contributed by atoms with Crippen LogP contribution < -0.4 is 15.1 Å². The van der Waals surface area contributed by atoms with Crippen LogP contribution in [0.15, 0.2) is 59.7 Å². The number of ether oxygens (including phenoxy) is 1. The zero-order chi connectivity index (χ0) is 19.2. The first-order valence-corrected chi connectivity index (χ1v) is 8.30. The molecule has 8 heteroatoms. The molecule has 2 atom stereocenters. The molecule has 2 heterocycles. The van der Waals surface area contributed by atoms with Crippen molar-refractivity contribution in [1.29, 1.82) is 0 Å². The SMILES string of the molecule is COc1ccc(N2C(=O)[C@@]3(CC(C(F)(F)F)=NN3)[C@H]2c2ccccc2)cc1. The molecular weight excluding hydrogens is 359 g/mol. The fourth-order valence-electron chi connectivity index (χ4n) is 3.64. The molecule has 0 radical (unpaired) electrons. The molecule has 0 aliphatic carbocycles. The Labute approximate surface area is 153 Å². The van der Waals surface area contributed by atoms with E-state index in [0.29, 0.717) is 11.4 Å². The van der Waals surface area contributed by atoms with Crippen LogP contribution in [-0.2, 0) is 4.79 Å². The summed E-state index contributed by atoms with van der Waals surface area (Å²) < 4.78 is 44.5. The highest BCUT2D eigenvalue weighted by Gasteiger charge is 2.66. The van der Waals surface area contributed by atoms with Crippen molar-refractivity contribution in [2.45, 2.75) is 24.2 Å². The van der Waals surface area contributed by atoms with Gasteiger partial charge in [0.05, 0.1) is 13.2 Å². The normalized spacial score (nSPS) is 24.4. The highest BCUT2D eigenvalue weighted by Crippen LogP contribution is 2.50. The Morgan fingerprint density at radius 3 is 2.37 bits per heavy atom. The Kier molecular flexibility index (Phi) is 3.87. The first-order chi connectivity index (χ1) is 12.9. The van der Waals surface area contributed by atoms with E-state index in [1.807, 2.05) is 6.07 Å². The second-order valence-electron chi connectivity index (χ2n) is 6.50. The van der Waals surface area contributed by atoms with Crippen LogP contribution >= 0.6 is 0 Å². The number of carbonyl (C=O) groups excluding carboxylic acids is 1. The van der Waals surface area contributed by atoms with E-state index in [4.69, 9.17) is 4.74 Å². The molecule has 4 rings (SSSR count). The van der Waals surface area contributed by atoms with Gasteiger partial charge in [-0.15, -0.1) is 0 Å². The molecule has 1 saturated heterocycles. The summed E-state index contributed by atoms with van der Waals surface area (Å²) in [4.78, 5) is 14.5. The molecule has 1 fully saturated rings. The van der Waals surface area contributed by atoms with Crippen molar-refractivity contribution in [2.24, 2.45) is 5.10 Å². The monoisotopic (exact) mass is 375 g/mol. The van der Waals surface area contributed by atoms with Crippen molar-refractivity contribution < 1.29 is 22.7 Å². The quantitative estimate of drug-likeness (QED) is 0.837. The summed E-state index contributed by atoms with van der Waals surface area (Å²) in [6, 6.07) is 15.2. The fraction of sp³-hybridized carbons (Fsp3) is 0.263. The van der Waals surface area contributed by atoms with Crippen LogP contribution in [0.3, 0.4) is 0 Å². The van der Waals surface area contributed by atoms with Gasteiger partial charge in [0.25, 0.3) is 5.91 Å². The maximum atomic E-state index is 13.1. The molecule has 0 saturated carbocycles. The first kappa shape index (κ1) is 17.4. The summed E-state index contributed by atoms with van der Waals surface area (Å²) in [7, 11) is 1.53. The number of β-lactam (4-membered cyclic amide) rings is 1. The van der Waals surface area contributed by atoms with E-state index < -0.39 is 35.8 Å². The van der Waals surface area contributed by atoms with Gasteiger partial charge in [-0.05, 0) is 29.8 Å². The molecule has 1 amide bonds. The number of methoxy groups -OCH3 is 1. The number of alkyl halides is 3. The van der Waals surface area contributed by atoms with Gasteiger partial charge < -0.3 is 4.74 Å². The van der Waals surface area contributed by atoms with E-state index in [9.17, 15) is 18.0 Å². The number of rotatable bonds is 3. The molecule has 0 bridgehead atoms. The Balaban J connectivity index is 1.72. The Morgan fingerprint density at radius 2 is 1.81 bits per heavy atom. The number of nitrogens with zero attached hydrogens (tertiary/aromatic N) is 2. The zero-order valence-corrected chi connectivity index (χ0v) is 14.3. The predicted octanol–water partition coefficient (Wildman–Crippen LogP) is 3.43. The van der Waals surface area contributed by atoms with Crippen molar-refractivity contribution >= 4 is 17.3 Å². The third kappa shape index (κ3) is 2.63. The fourth-order valence-corrected chi connectivity index (χ4v) is 3.64. The number of hydrazone groups is 1. The topological polar surface area (TPSA) is 53.9 Å². The molecule has 27 heavy (non-hydrogen) atoms. The van der Waals surface area contributed by atoms with E-state index in [1.54, 1.807) is 48.5 Å². The highest BCUT2D eigenvalue weighted by atomic mass is 19.4. The Bertz CT molecular complexity index is 897. The van der Waals surface area contributed by atoms with E-state index in [2.05, 4.69) is 10.5 Å². The minimum absolute atomic E-state index is 0.440. The smallest absolute Gasteiger partial charge is 0.431 e. The third-order valence-electron chi connectivity index (χ3n) is 4.96. The summed E-state index contributed by atoms with van der Waals surface area (Å²) in [6.07, 6.45) is -5.07. The molecule has 1 spiro atoms. The average molecular weight is 375 g/mol. The number of benzene rings is 2. The second-order valence-corrected chi connectivity index (χ2v) is 6.50. The minimum Gasteiger partial charge on any atom is -0.497 e. The van der Waals surface area contributed by atoms with Crippen LogP contribution in [-0.4, -0.2) is 30.4 Å². The molecular formula is C19H16F3N3O2. The van der Waals surface area contributed by atoms with Gasteiger partial charge in [-0.25, -0.2) is 0 Å².